The first-order chi connectivity index (χ1) is 11.2. The average molecular weight is 346 g/mol. The van der Waals surface area contributed by atoms with Crippen molar-refractivity contribution >= 4 is 29.2 Å². The number of nitrogens with one attached hydrogen (secondary N) is 1. The number of aryl methyl sites for hydroxylation is 1. The van der Waals surface area contributed by atoms with Crippen molar-refractivity contribution in [2.24, 2.45) is 0 Å². The van der Waals surface area contributed by atoms with Gasteiger partial charge in [0.15, 0.2) is 5.78 Å². The van der Waals surface area contributed by atoms with E-state index in [0.29, 0.717) is 16.3 Å². The second-order valence-corrected chi connectivity index (χ2v) is 6.53. The Morgan fingerprint density at radius 2 is 1.83 bits per heavy atom. The summed E-state index contributed by atoms with van der Waals surface area (Å²) in [6.45, 7) is 6.91. The molecule has 0 heterocycles. The lowest BCUT2D eigenvalue weighted by Crippen LogP contribution is -2.28. The van der Waals surface area contributed by atoms with Gasteiger partial charge >= 0.3 is 6.09 Å². The molecule has 0 radical (unpaired) electrons. The Morgan fingerprint density at radius 3 is 2.46 bits per heavy atom. The molecule has 4 nitrogen and oxygen atoms in total. The van der Waals surface area contributed by atoms with E-state index in [2.05, 4.69) is 5.32 Å². The van der Waals surface area contributed by atoms with Crippen molar-refractivity contribution in [2.45, 2.75) is 33.3 Å². The quantitative estimate of drug-likeness (QED) is 0.761. The van der Waals surface area contributed by atoms with Gasteiger partial charge in [-0.25, -0.2) is 4.79 Å². The van der Waals surface area contributed by atoms with Crippen LogP contribution >= 0.6 is 11.6 Å². The Balaban J connectivity index is 2.13. The van der Waals surface area contributed by atoms with E-state index in [9.17, 15) is 9.59 Å². The Bertz CT molecular complexity index is 784. The second-order valence-electron chi connectivity index (χ2n) is 6.13. The highest BCUT2D eigenvalue weighted by Crippen LogP contribution is 2.27. The number of rotatable bonds is 4. The van der Waals surface area contributed by atoms with Gasteiger partial charge in [-0.1, -0.05) is 29.8 Å². The van der Waals surface area contributed by atoms with E-state index < -0.39 is 11.7 Å². The van der Waals surface area contributed by atoms with E-state index in [0.717, 1.165) is 11.1 Å². The van der Waals surface area contributed by atoms with Crippen molar-refractivity contribution in [3.8, 4) is 0 Å². The first-order valence-electron chi connectivity index (χ1n) is 7.56. The van der Waals surface area contributed by atoms with Crippen molar-refractivity contribution in [3.05, 3.63) is 64.2 Å². The lowest BCUT2D eigenvalue weighted by Gasteiger charge is -2.26. The summed E-state index contributed by atoms with van der Waals surface area (Å²) < 4.78 is 5.54. The summed E-state index contributed by atoms with van der Waals surface area (Å²) in [7, 11) is 0. The summed E-state index contributed by atoms with van der Waals surface area (Å²) in [5.41, 5.74) is 1.92. The van der Waals surface area contributed by atoms with Gasteiger partial charge in [0.05, 0.1) is 0 Å². The molecule has 0 spiro atoms. The maximum Gasteiger partial charge on any atom is 0.412 e. The highest BCUT2D eigenvalue weighted by atomic mass is 35.5. The second kappa shape index (κ2) is 7.05. The van der Waals surface area contributed by atoms with Crippen molar-refractivity contribution in [2.75, 3.05) is 5.32 Å². The van der Waals surface area contributed by atoms with Crippen molar-refractivity contribution in [1.29, 1.82) is 0 Å². The van der Waals surface area contributed by atoms with Crippen LogP contribution in [0.1, 0.15) is 42.3 Å². The van der Waals surface area contributed by atoms with Crippen LogP contribution in [0.4, 0.5) is 10.5 Å². The number of carbonyl (C=O) groups is 2. The molecular formula is C19H20ClNO3. The fourth-order valence-electron chi connectivity index (χ4n) is 2.27. The molecule has 0 aliphatic heterocycles. The molecule has 1 amide bonds. The van der Waals surface area contributed by atoms with E-state index >= 15 is 0 Å². The number of Topliss-reactive ketones (excluding diaryl/α,β-unsaturated/α-hetero) is 1. The molecule has 0 bridgehead atoms. The molecule has 0 fully saturated rings. The topological polar surface area (TPSA) is 55.4 Å². The van der Waals surface area contributed by atoms with Crippen LogP contribution in [0, 0.1) is 6.92 Å². The molecule has 24 heavy (non-hydrogen) atoms. The Morgan fingerprint density at radius 1 is 1.12 bits per heavy atom. The Hall–Kier alpha value is -2.33. The molecule has 0 atom stereocenters. The SMILES string of the molecule is CC(=O)c1cccc(C(C)(C)OC(=O)Nc2ccc(Cl)c(C)c2)c1. The maximum atomic E-state index is 12.2. The summed E-state index contributed by atoms with van der Waals surface area (Å²) in [5, 5.41) is 3.32. The third-order valence-electron chi connectivity index (χ3n) is 3.72. The lowest BCUT2D eigenvalue weighted by atomic mass is 9.95. The highest BCUT2D eigenvalue weighted by molar-refractivity contribution is 6.31. The first-order valence-corrected chi connectivity index (χ1v) is 7.94. The van der Waals surface area contributed by atoms with Gasteiger partial charge in [0.25, 0.3) is 0 Å². The fraction of sp³-hybridized carbons (Fsp3) is 0.263. The number of amides is 1. The molecule has 2 rings (SSSR count). The standard InChI is InChI=1S/C19H20ClNO3/c1-12-10-16(8-9-17(12)20)21-18(23)24-19(3,4)15-7-5-6-14(11-15)13(2)22/h5-11H,1-4H3,(H,21,23). The van der Waals surface area contributed by atoms with E-state index in [4.69, 9.17) is 16.3 Å². The summed E-state index contributed by atoms with van der Waals surface area (Å²) in [4.78, 5) is 23.7. The highest BCUT2D eigenvalue weighted by Gasteiger charge is 2.26. The van der Waals surface area contributed by atoms with Crippen molar-refractivity contribution < 1.29 is 14.3 Å². The molecule has 0 saturated carbocycles. The van der Waals surface area contributed by atoms with Gasteiger partial charge in [0, 0.05) is 16.3 Å². The molecular weight excluding hydrogens is 326 g/mol. The average Bonchev–Trinajstić information content (AvgIpc) is 2.50. The molecule has 126 valence electrons. The van der Waals surface area contributed by atoms with E-state index in [1.807, 2.05) is 13.0 Å². The number of hydrogen-bond donors (Lipinski definition) is 1. The van der Waals surface area contributed by atoms with Gasteiger partial charge in [-0.3, -0.25) is 10.1 Å². The molecule has 0 unspecified atom stereocenters. The minimum atomic E-state index is -0.878. The van der Waals surface area contributed by atoms with Crippen LogP contribution in [0.3, 0.4) is 0 Å². The maximum absolute atomic E-state index is 12.2. The van der Waals surface area contributed by atoms with Crippen molar-refractivity contribution in [1.82, 2.24) is 0 Å². The number of ketones is 1. The predicted molar refractivity (Wildman–Crippen MR) is 95.8 cm³/mol. The van der Waals surface area contributed by atoms with E-state index in [1.54, 1.807) is 50.2 Å². The zero-order chi connectivity index (χ0) is 17.9. The Labute approximate surface area is 146 Å². The van der Waals surface area contributed by atoms with Crippen LogP contribution in [0.15, 0.2) is 42.5 Å². The molecule has 0 aromatic heterocycles. The summed E-state index contributed by atoms with van der Waals surface area (Å²) in [6.07, 6.45) is -0.574. The molecule has 0 aliphatic carbocycles. The smallest absolute Gasteiger partial charge is 0.412 e. The predicted octanol–water partition coefficient (Wildman–Crippen LogP) is 5.33. The molecule has 2 aromatic rings. The number of ether oxygens (including phenoxy) is 1. The monoisotopic (exact) mass is 345 g/mol. The summed E-state index contributed by atoms with van der Waals surface area (Å²) in [6, 6.07) is 12.3. The molecule has 0 aliphatic rings. The van der Waals surface area contributed by atoms with E-state index in [1.165, 1.54) is 6.92 Å². The number of benzene rings is 2. The normalized spacial score (nSPS) is 11.0. The van der Waals surface area contributed by atoms with E-state index in [-0.39, 0.29) is 5.78 Å². The zero-order valence-corrected chi connectivity index (χ0v) is 14.9. The van der Waals surface area contributed by atoms with Gasteiger partial charge in [0.1, 0.15) is 5.60 Å². The molecule has 1 N–H and O–H groups in total. The van der Waals surface area contributed by atoms with Gasteiger partial charge in [-0.2, -0.15) is 0 Å². The van der Waals surface area contributed by atoms with Crippen molar-refractivity contribution in [3.63, 3.8) is 0 Å². The zero-order valence-electron chi connectivity index (χ0n) is 14.1. The number of carbonyl (C=O) groups excluding carboxylic acids is 2. The largest absolute Gasteiger partial charge is 0.438 e. The number of anilines is 1. The minimum Gasteiger partial charge on any atom is -0.438 e. The van der Waals surface area contributed by atoms with Gasteiger partial charge in [-0.05, 0) is 63.1 Å². The van der Waals surface area contributed by atoms with Crippen LogP contribution < -0.4 is 5.32 Å². The molecule has 5 heteroatoms. The third-order valence-corrected chi connectivity index (χ3v) is 4.14. The summed E-state index contributed by atoms with van der Waals surface area (Å²) in [5.74, 6) is -0.0336. The van der Waals surface area contributed by atoms with Crippen LogP contribution in [-0.2, 0) is 10.3 Å². The van der Waals surface area contributed by atoms with Gasteiger partial charge < -0.3 is 4.74 Å². The Kier molecular flexibility index (Phi) is 5.30. The van der Waals surface area contributed by atoms with Crippen LogP contribution in [0.5, 0.6) is 0 Å². The fourth-order valence-corrected chi connectivity index (χ4v) is 2.39. The van der Waals surface area contributed by atoms with Crippen LogP contribution in [0.2, 0.25) is 5.02 Å². The minimum absolute atomic E-state index is 0.0336. The lowest BCUT2D eigenvalue weighted by molar-refractivity contribution is 0.0466. The summed E-state index contributed by atoms with van der Waals surface area (Å²) >= 11 is 5.97. The third kappa shape index (κ3) is 4.36. The van der Waals surface area contributed by atoms with Crippen LogP contribution in [-0.4, -0.2) is 11.9 Å². The van der Waals surface area contributed by atoms with Gasteiger partial charge in [-0.15, -0.1) is 0 Å². The molecule has 2 aromatic carbocycles. The van der Waals surface area contributed by atoms with Crippen LogP contribution in [0.25, 0.3) is 0 Å². The molecule has 0 saturated heterocycles. The first kappa shape index (κ1) is 18.0. The number of halogens is 1. The van der Waals surface area contributed by atoms with Gasteiger partial charge in [0.2, 0.25) is 0 Å². The number of hydrogen-bond acceptors (Lipinski definition) is 3.